The van der Waals surface area contributed by atoms with Gasteiger partial charge in [0, 0.05) is 14.0 Å². The van der Waals surface area contributed by atoms with Crippen molar-refractivity contribution in [1.82, 2.24) is 0 Å². The first kappa shape index (κ1) is 10.2. The lowest BCUT2D eigenvalue weighted by Crippen LogP contribution is -2.29. The van der Waals surface area contributed by atoms with Crippen LogP contribution in [-0.4, -0.2) is 32.1 Å². The summed E-state index contributed by atoms with van der Waals surface area (Å²) in [6.45, 7) is 1.67. The van der Waals surface area contributed by atoms with Crippen LogP contribution in [0.4, 0.5) is 0 Å². The standard InChI is InChI=1S/C9H14O4/c1-7(10)12-6-8-4-3-5-9(11-2)13-8/h3,5,8-9H,4,6H2,1-2H3. The molecule has 0 radical (unpaired) electrons. The lowest BCUT2D eigenvalue weighted by atomic mass is 10.2. The van der Waals surface area contributed by atoms with Gasteiger partial charge >= 0.3 is 5.97 Å². The van der Waals surface area contributed by atoms with Crippen LogP contribution in [0.2, 0.25) is 0 Å². The predicted molar refractivity (Wildman–Crippen MR) is 46.1 cm³/mol. The predicted octanol–water partition coefficient (Wildman–Crippen LogP) is 0.867. The van der Waals surface area contributed by atoms with Crippen LogP contribution in [0.3, 0.4) is 0 Å². The summed E-state index contributed by atoms with van der Waals surface area (Å²) in [6, 6.07) is 0. The summed E-state index contributed by atoms with van der Waals surface area (Å²) in [6.07, 6.45) is 4.16. The van der Waals surface area contributed by atoms with Gasteiger partial charge in [-0.2, -0.15) is 0 Å². The molecule has 0 fully saturated rings. The van der Waals surface area contributed by atoms with Crippen LogP contribution in [0.15, 0.2) is 12.2 Å². The zero-order valence-corrected chi connectivity index (χ0v) is 7.86. The highest BCUT2D eigenvalue weighted by Crippen LogP contribution is 2.12. The Kier molecular flexibility index (Phi) is 3.92. The number of methoxy groups -OCH3 is 1. The lowest BCUT2D eigenvalue weighted by Gasteiger charge is -2.24. The van der Waals surface area contributed by atoms with Crippen LogP contribution in [0.25, 0.3) is 0 Å². The third-order valence-electron chi connectivity index (χ3n) is 1.72. The maximum absolute atomic E-state index is 10.5. The van der Waals surface area contributed by atoms with Gasteiger partial charge in [-0.3, -0.25) is 4.79 Å². The second kappa shape index (κ2) is 4.99. The van der Waals surface area contributed by atoms with Crippen molar-refractivity contribution in [2.75, 3.05) is 13.7 Å². The van der Waals surface area contributed by atoms with E-state index in [1.54, 1.807) is 7.11 Å². The maximum Gasteiger partial charge on any atom is 0.302 e. The molecule has 0 amide bonds. The molecule has 0 aromatic carbocycles. The van der Waals surface area contributed by atoms with Gasteiger partial charge in [0.25, 0.3) is 0 Å². The first-order chi connectivity index (χ1) is 6.22. The molecule has 0 spiro atoms. The highest BCUT2D eigenvalue weighted by molar-refractivity contribution is 5.65. The summed E-state index contributed by atoms with van der Waals surface area (Å²) in [5.74, 6) is -0.285. The number of hydrogen-bond acceptors (Lipinski definition) is 4. The van der Waals surface area contributed by atoms with Crippen LogP contribution >= 0.6 is 0 Å². The molecule has 4 heteroatoms. The minimum atomic E-state index is -0.311. The second-order valence-corrected chi connectivity index (χ2v) is 2.83. The fraction of sp³-hybridized carbons (Fsp3) is 0.667. The summed E-state index contributed by atoms with van der Waals surface area (Å²) in [4.78, 5) is 10.5. The largest absolute Gasteiger partial charge is 0.463 e. The van der Waals surface area contributed by atoms with Crippen LogP contribution < -0.4 is 0 Å². The third-order valence-corrected chi connectivity index (χ3v) is 1.72. The number of esters is 1. The van der Waals surface area contributed by atoms with Crippen molar-refractivity contribution in [3.63, 3.8) is 0 Å². The Balaban J connectivity index is 2.28. The molecule has 1 aliphatic heterocycles. The molecular formula is C9H14O4. The van der Waals surface area contributed by atoms with Crippen molar-refractivity contribution in [3.05, 3.63) is 12.2 Å². The lowest BCUT2D eigenvalue weighted by molar-refractivity contribution is -0.162. The Morgan fingerprint density at radius 2 is 2.46 bits per heavy atom. The van der Waals surface area contributed by atoms with E-state index in [0.717, 1.165) is 6.42 Å². The average molecular weight is 186 g/mol. The van der Waals surface area contributed by atoms with Gasteiger partial charge < -0.3 is 14.2 Å². The molecule has 74 valence electrons. The van der Waals surface area contributed by atoms with Crippen molar-refractivity contribution in [3.8, 4) is 0 Å². The normalized spacial score (nSPS) is 27.2. The van der Waals surface area contributed by atoms with Gasteiger partial charge in [-0.25, -0.2) is 0 Å². The van der Waals surface area contributed by atoms with Gasteiger partial charge in [-0.05, 0) is 12.5 Å². The fourth-order valence-corrected chi connectivity index (χ4v) is 1.08. The quantitative estimate of drug-likeness (QED) is 0.484. The summed E-state index contributed by atoms with van der Waals surface area (Å²) in [5.41, 5.74) is 0. The minimum Gasteiger partial charge on any atom is -0.463 e. The zero-order valence-electron chi connectivity index (χ0n) is 7.86. The number of ether oxygens (including phenoxy) is 3. The Morgan fingerprint density at radius 3 is 3.08 bits per heavy atom. The highest BCUT2D eigenvalue weighted by atomic mass is 16.7. The van der Waals surface area contributed by atoms with Crippen molar-refractivity contribution >= 4 is 5.97 Å². The summed E-state index contributed by atoms with van der Waals surface area (Å²) >= 11 is 0. The SMILES string of the molecule is COC1C=CCC(COC(C)=O)O1. The second-order valence-electron chi connectivity index (χ2n) is 2.83. The monoisotopic (exact) mass is 186 g/mol. The van der Waals surface area contributed by atoms with Crippen LogP contribution in [-0.2, 0) is 19.0 Å². The molecule has 0 saturated carbocycles. The van der Waals surface area contributed by atoms with E-state index < -0.39 is 0 Å². The molecular weight excluding hydrogens is 172 g/mol. The summed E-state index contributed by atoms with van der Waals surface area (Å²) < 4.78 is 15.2. The van der Waals surface area contributed by atoms with Crippen molar-refractivity contribution < 1.29 is 19.0 Å². The van der Waals surface area contributed by atoms with Gasteiger partial charge in [-0.15, -0.1) is 0 Å². The molecule has 0 N–H and O–H groups in total. The maximum atomic E-state index is 10.5. The molecule has 2 atom stereocenters. The summed E-state index contributed by atoms with van der Waals surface area (Å²) in [5, 5.41) is 0. The van der Waals surface area contributed by atoms with Crippen molar-refractivity contribution in [1.29, 1.82) is 0 Å². The zero-order chi connectivity index (χ0) is 9.68. The smallest absolute Gasteiger partial charge is 0.302 e. The van der Waals surface area contributed by atoms with Crippen molar-refractivity contribution in [2.24, 2.45) is 0 Å². The van der Waals surface area contributed by atoms with Crippen LogP contribution in [0, 0.1) is 0 Å². The van der Waals surface area contributed by atoms with E-state index in [-0.39, 0.29) is 18.4 Å². The molecule has 0 aromatic rings. The molecule has 2 unspecified atom stereocenters. The Labute approximate surface area is 77.5 Å². The topological polar surface area (TPSA) is 44.8 Å². The van der Waals surface area contributed by atoms with Crippen molar-refractivity contribution in [2.45, 2.75) is 25.7 Å². The number of carbonyl (C=O) groups is 1. The molecule has 13 heavy (non-hydrogen) atoms. The molecule has 0 bridgehead atoms. The van der Waals surface area contributed by atoms with E-state index in [1.165, 1.54) is 6.92 Å². The molecule has 0 aromatic heterocycles. The van der Waals surface area contributed by atoms with Crippen LogP contribution in [0.1, 0.15) is 13.3 Å². The molecule has 1 aliphatic rings. The molecule has 1 rings (SSSR count). The van der Waals surface area contributed by atoms with Gasteiger partial charge in [0.2, 0.25) is 0 Å². The fourth-order valence-electron chi connectivity index (χ4n) is 1.08. The van der Waals surface area contributed by atoms with Gasteiger partial charge in [-0.1, -0.05) is 6.08 Å². The first-order valence-corrected chi connectivity index (χ1v) is 4.20. The molecule has 0 saturated heterocycles. The van der Waals surface area contributed by atoms with E-state index in [9.17, 15) is 4.79 Å². The minimum absolute atomic E-state index is 0.0844. The first-order valence-electron chi connectivity index (χ1n) is 4.20. The van der Waals surface area contributed by atoms with E-state index in [2.05, 4.69) is 0 Å². The summed E-state index contributed by atoms with van der Waals surface area (Å²) in [7, 11) is 1.57. The van der Waals surface area contributed by atoms with E-state index in [1.807, 2.05) is 12.2 Å². The van der Waals surface area contributed by atoms with Gasteiger partial charge in [0.1, 0.15) is 6.61 Å². The number of carbonyl (C=O) groups excluding carboxylic acids is 1. The Morgan fingerprint density at radius 1 is 1.69 bits per heavy atom. The number of rotatable bonds is 3. The van der Waals surface area contributed by atoms with Gasteiger partial charge in [0.05, 0.1) is 6.10 Å². The van der Waals surface area contributed by atoms with E-state index >= 15 is 0 Å². The van der Waals surface area contributed by atoms with Gasteiger partial charge in [0.15, 0.2) is 6.29 Å². The Hall–Kier alpha value is -0.870. The average Bonchev–Trinajstić information content (AvgIpc) is 2.15. The van der Waals surface area contributed by atoms with E-state index in [4.69, 9.17) is 14.2 Å². The highest BCUT2D eigenvalue weighted by Gasteiger charge is 2.18. The van der Waals surface area contributed by atoms with Crippen LogP contribution in [0.5, 0.6) is 0 Å². The molecule has 4 nitrogen and oxygen atoms in total. The molecule has 1 heterocycles. The number of hydrogen-bond donors (Lipinski definition) is 0. The van der Waals surface area contributed by atoms with E-state index in [0.29, 0.717) is 6.61 Å². The molecule has 0 aliphatic carbocycles. The third kappa shape index (κ3) is 3.57. The Bertz CT molecular complexity index is 200.